The van der Waals surface area contributed by atoms with Crippen LogP contribution in [0.4, 0.5) is 5.69 Å². The number of benzene rings is 2. The summed E-state index contributed by atoms with van der Waals surface area (Å²) in [4.78, 5) is 11.9. The lowest BCUT2D eigenvalue weighted by Gasteiger charge is -2.31. The van der Waals surface area contributed by atoms with Crippen LogP contribution in [0.5, 0.6) is 5.75 Å². The second-order valence-electron chi connectivity index (χ2n) is 6.23. The fraction of sp³-hybridized carbons (Fsp3) is 0.316. The molecule has 0 N–H and O–H groups in total. The van der Waals surface area contributed by atoms with Crippen LogP contribution >= 0.6 is 0 Å². The van der Waals surface area contributed by atoms with Gasteiger partial charge in [-0.15, -0.1) is 0 Å². The van der Waals surface area contributed by atoms with Gasteiger partial charge in [0.2, 0.25) is 0 Å². The monoisotopic (exact) mass is 359 g/mol. The lowest BCUT2D eigenvalue weighted by atomic mass is 10.00. The van der Waals surface area contributed by atoms with Gasteiger partial charge < -0.3 is 4.74 Å². The van der Waals surface area contributed by atoms with E-state index in [1.54, 1.807) is 24.3 Å². The topological polar surface area (TPSA) is 63.7 Å². The first kappa shape index (κ1) is 17.5. The molecule has 5 nitrogen and oxygen atoms in total. The van der Waals surface area contributed by atoms with Gasteiger partial charge in [-0.2, -0.15) is 0 Å². The third-order valence-electron chi connectivity index (χ3n) is 4.46. The van der Waals surface area contributed by atoms with Gasteiger partial charge in [-0.05, 0) is 56.0 Å². The van der Waals surface area contributed by atoms with Crippen LogP contribution in [-0.2, 0) is 16.4 Å². The number of methoxy groups -OCH3 is 1. The number of nitrogens with zero attached hydrogens (tertiary/aromatic N) is 1. The fourth-order valence-corrected chi connectivity index (χ4v) is 4.89. The Morgan fingerprint density at radius 1 is 1.16 bits per heavy atom. The van der Waals surface area contributed by atoms with E-state index in [9.17, 15) is 13.2 Å². The Bertz CT molecular complexity index is 934. The number of carbonyl (C=O) groups excluding carboxylic acids is 1. The van der Waals surface area contributed by atoms with E-state index in [1.807, 2.05) is 19.1 Å². The maximum atomic E-state index is 13.3. The molecular weight excluding hydrogens is 338 g/mol. The SMILES string of the molecule is COc1ccc(C)cc1S(=O)(=O)N1CCCc2ccc(C(C)=O)cc21. The molecule has 1 aliphatic heterocycles. The van der Waals surface area contributed by atoms with E-state index < -0.39 is 10.0 Å². The predicted molar refractivity (Wildman–Crippen MR) is 97.0 cm³/mol. The van der Waals surface area contributed by atoms with Crippen LogP contribution in [0.3, 0.4) is 0 Å². The highest BCUT2D eigenvalue weighted by Gasteiger charge is 2.31. The molecule has 0 amide bonds. The number of carbonyl (C=O) groups is 1. The molecule has 25 heavy (non-hydrogen) atoms. The third-order valence-corrected chi connectivity index (χ3v) is 6.29. The molecule has 0 unspecified atom stereocenters. The van der Waals surface area contributed by atoms with Gasteiger partial charge in [0.15, 0.2) is 5.78 Å². The number of aryl methyl sites for hydroxylation is 2. The molecular formula is C19H21NO4S. The number of rotatable bonds is 4. The summed E-state index contributed by atoms with van der Waals surface area (Å²) in [7, 11) is -2.33. The minimum absolute atomic E-state index is 0.0844. The van der Waals surface area contributed by atoms with E-state index in [0.29, 0.717) is 23.5 Å². The molecule has 132 valence electrons. The van der Waals surface area contributed by atoms with Gasteiger partial charge in [-0.25, -0.2) is 8.42 Å². The van der Waals surface area contributed by atoms with E-state index in [-0.39, 0.29) is 10.7 Å². The van der Waals surface area contributed by atoms with Crippen LogP contribution < -0.4 is 9.04 Å². The summed E-state index contributed by atoms with van der Waals surface area (Å²) in [5.41, 5.74) is 2.88. The lowest BCUT2D eigenvalue weighted by molar-refractivity contribution is 0.101. The van der Waals surface area contributed by atoms with E-state index in [0.717, 1.165) is 24.0 Å². The molecule has 2 aromatic carbocycles. The van der Waals surface area contributed by atoms with Gasteiger partial charge >= 0.3 is 0 Å². The molecule has 0 saturated carbocycles. The van der Waals surface area contributed by atoms with Gasteiger partial charge in [-0.1, -0.05) is 18.2 Å². The molecule has 3 rings (SSSR count). The zero-order valence-corrected chi connectivity index (χ0v) is 15.4. The van der Waals surface area contributed by atoms with Crippen molar-refractivity contribution in [1.82, 2.24) is 0 Å². The first-order valence-corrected chi connectivity index (χ1v) is 9.60. The molecule has 0 spiro atoms. The number of ketones is 1. The van der Waals surface area contributed by atoms with Crippen molar-refractivity contribution >= 4 is 21.5 Å². The summed E-state index contributed by atoms with van der Waals surface area (Å²) < 4.78 is 33.3. The molecule has 1 heterocycles. The smallest absolute Gasteiger partial charge is 0.268 e. The molecule has 0 aromatic heterocycles. The number of hydrogen-bond acceptors (Lipinski definition) is 4. The van der Waals surface area contributed by atoms with Crippen molar-refractivity contribution in [1.29, 1.82) is 0 Å². The highest BCUT2D eigenvalue weighted by atomic mass is 32.2. The molecule has 2 aromatic rings. The van der Waals surface area contributed by atoms with Crippen molar-refractivity contribution in [3.63, 3.8) is 0 Å². The Morgan fingerprint density at radius 3 is 2.60 bits per heavy atom. The molecule has 0 fully saturated rings. The van der Waals surface area contributed by atoms with E-state index in [4.69, 9.17) is 4.74 Å². The standard InChI is InChI=1S/C19H21NO4S/c1-13-6-9-18(24-3)19(11-13)25(22,23)20-10-4-5-15-7-8-16(14(2)21)12-17(15)20/h6-9,11-12H,4-5,10H2,1-3H3. The average molecular weight is 359 g/mol. The second-order valence-corrected chi connectivity index (χ2v) is 8.07. The van der Waals surface area contributed by atoms with Crippen LogP contribution in [-0.4, -0.2) is 27.9 Å². The minimum atomic E-state index is -3.79. The maximum Gasteiger partial charge on any atom is 0.268 e. The normalized spacial score (nSPS) is 14.1. The van der Waals surface area contributed by atoms with Gasteiger partial charge in [0.05, 0.1) is 12.8 Å². The Kier molecular flexibility index (Phi) is 4.56. The predicted octanol–water partition coefficient (Wildman–Crippen LogP) is 3.35. The first-order chi connectivity index (χ1) is 11.8. The highest BCUT2D eigenvalue weighted by Crippen LogP contribution is 2.36. The molecule has 1 aliphatic rings. The van der Waals surface area contributed by atoms with E-state index in [2.05, 4.69) is 0 Å². The van der Waals surface area contributed by atoms with Gasteiger partial charge in [0, 0.05) is 12.1 Å². The highest BCUT2D eigenvalue weighted by molar-refractivity contribution is 7.93. The zero-order valence-electron chi connectivity index (χ0n) is 14.6. The van der Waals surface area contributed by atoms with Crippen molar-refractivity contribution in [3.05, 3.63) is 53.1 Å². The van der Waals surface area contributed by atoms with Crippen LogP contribution in [0.1, 0.15) is 34.8 Å². The number of anilines is 1. The summed E-state index contributed by atoms with van der Waals surface area (Å²) >= 11 is 0. The van der Waals surface area contributed by atoms with Crippen molar-refractivity contribution in [2.75, 3.05) is 18.0 Å². The number of ether oxygens (including phenoxy) is 1. The summed E-state index contributed by atoms with van der Waals surface area (Å²) in [5.74, 6) is 0.235. The van der Waals surface area contributed by atoms with Crippen LogP contribution in [0.15, 0.2) is 41.3 Å². The van der Waals surface area contributed by atoms with Crippen molar-refractivity contribution in [3.8, 4) is 5.75 Å². The van der Waals surface area contributed by atoms with Crippen molar-refractivity contribution < 1.29 is 17.9 Å². The van der Waals surface area contributed by atoms with Gasteiger partial charge in [0.25, 0.3) is 10.0 Å². The van der Waals surface area contributed by atoms with E-state index in [1.165, 1.54) is 18.3 Å². The largest absolute Gasteiger partial charge is 0.495 e. The number of sulfonamides is 1. The first-order valence-electron chi connectivity index (χ1n) is 8.16. The minimum Gasteiger partial charge on any atom is -0.495 e. The molecule has 0 radical (unpaired) electrons. The zero-order chi connectivity index (χ0) is 18.2. The maximum absolute atomic E-state index is 13.3. The number of hydrogen-bond donors (Lipinski definition) is 0. The molecule has 6 heteroatoms. The second kappa shape index (κ2) is 6.52. The quantitative estimate of drug-likeness (QED) is 0.786. The number of Topliss-reactive ketones (excluding diaryl/α,β-unsaturated/α-hetero) is 1. The van der Waals surface area contributed by atoms with Crippen LogP contribution in [0, 0.1) is 6.92 Å². The summed E-state index contributed by atoms with van der Waals surface area (Å²) in [6.45, 7) is 3.71. The van der Waals surface area contributed by atoms with E-state index >= 15 is 0 Å². The Morgan fingerprint density at radius 2 is 1.92 bits per heavy atom. The fourth-order valence-electron chi connectivity index (χ4n) is 3.11. The summed E-state index contributed by atoms with van der Waals surface area (Å²) in [6, 6.07) is 10.4. The molecule has 0 bridgehead atoms. The third kappa shape index (κ3) is 3.14. The van der Waals surface area contributed by atoms with Crippen molar-refractivity contribution in [2.45, 2.75) is 31.6 Å². The van der Waals surface area contributed by atoms with Crippen LogP contribution in [0.2, 0.25) is 0 Å². The van der Waals surface area contributed by atoms with Crippen molar-refractivity contribution in [2.24, 2.45) is 0 Å². The summed E-state index contributed by atoms with van der Waals surface area (Å²) in [6.07, 6.45) is 1.53. The molecule has 0 aliphatic carbocycles. The lowest BCUT2D eigenvalue weighted by Crippen LogP contribution is -2.36. The Hall–Kier alpha value is -2.34. The molecule has 0 atom stereocenters. The van der Waals surface area contributed by atoms with Crippen LogP contribution in [0.25, 0.3) is 0 Å². The Labute approximate surface area is 148 Å². The average Bonchev–Trinajstić information content (AvgIpc) is 2.60. The number of fused-ring (bicyclic) bond motifs is 1. The van der Waals surface area contributed by atoms with Gasteiger partial charge in [0.1, 0.15) is 10.6 Å². The van der Waals surface area contributed by atoms with Gasteiger partial charge in [-0.3, -0.25) is 9.10 Å². The summed E-state index contributed by atoms with van der Waals surface area (Å²) in [5, 5.41) is 0. The Balaban J connectivity index is 2.16. The molecule has 0 saturated heterocycles.